The highest BCUT2D eigenvalue weighted by Crippen LogP contribution is 2.38. The Morgan fingerprint density at radius 2 is 2.00 bits per heavy atom. The van der Waals surface area contributed by atoms with E-state index in [0.717, 1.165) is 17.8 Å². The standard InChI is InChI=1S/C19H16ClF3N2O2S/c1-28-16-6-2-10(8-13(16)19(21,22)23)12(9-11-3-7-17(26)24-11)15-5-4-14(20)18(27)25-15/h2,4-6,8-9,11H,3,7H2,1H3,(H,24,26)(H,25,27)/t11-/m1/s1. The Morgan fingerprint density at radius 1 is 1.25 bits per heavy atom. The topological polar surface area (TPSA) is 62.0 Å². The third-order valence-electron chi connectivity index (χ3n) is 4.36. The van der Waals surface area contributed by atoms with Crippen molar-refractivity contribution in [1.29, 1.82) is 0 Å². The van der Waals surface area contributed by atoms with Gasteiger partial charge in [-0.3, -0.25) is 9.59 Å². The predicted octanol–water partition coefficient (Wildman–Crippen LogP) is 4.48. The number of benzene rings is 1. The van der Waals surface area contributed by atoms with Crippen molar-refractivity contribution in [3.05, 3.63) is 68.6 Å². The molecule has 28 heavy (non-hydrogen) atoms. The van der Waals surface area contributed by atoms with Crippen LogP contribution in [-0.4, -0.2) is 23.2 Å². The molecule has 1 saturated heterocycles. The van der Waals surface area contributed by atoms with Gasteiger partial charge in [-0.1, -0.05) is 23.7 Å². The van der Waals surface area contributed by atoms with Crippen LogP contribution in [0.5, 0.6) is 0 Å². The summed E-state index contributed by atoms with van der Waals surface area (Å²) < 4.78 is 40.5. The summed E-state index contributed by atoms with van der Waals surface area (Å²) in [6.07, 6.45) is -0.418. The number of H-pyrrole nitrogens is 1. The van der Waals surface area contributed by atoms with Crippen LogP contribution in [0.25, 0.3) is 5.57 Å². The van der Waals surface area contributed by atoms with E-state index < -0.39 is 17.3 Å². The van der Waals surface area contributed by atoms with Crippen molar-refractivity contribution in [3.63, 3.8) is 0 Å². The Morgan fingerprint density at radius 3 is 2.57 bits per heavy atom. The van der Waals surface area contributed by atoms with E-state index in [-0.39, 0.29) is 27.4 Å². The second kappa shape index (κ2) is 8.05. The molecule has 2 N–H and O–H groups in total. The number of thioether (sulfide) groups is 1. The third-order valence-corrected chi connectivity index (χ3v) is 5.46. The van der Waals surface area contributed by atoms with Gasteiger partial charge in [0.2, 0.25) is 5.91 Å². The Balaban J connectivity index is 2.16. The summed E-state index contributed by atoms with van der Waals surface area (Å²) >= 11 is 6.78. The van der Waals surface area contributed by atoms with Gasteiger partial charge in [0.05, 0.1) is 5.56 Å². The van der Waals surface area contributed by atoms with E-state index in [1.165, 1.54) is 18.2 Å². The SMILES string of the molecule is CSc1ccc(C(=C[C@H]2CCC(=O)N2)c2ccc(Cl)c(=O)[nH]2)cc1C(F)(F)F. The van der Waals surface area contributed by atoms with Gasteiger partial charge in [-0.2, -0.15) is 13.2 Å². The van der Waals surface area contributed by atoms with Crippen LogP contribution in [0.4, 0.5) is 13.2 Å². The van der Waals surface area contributed by atoms with Crippen molar-refractivity contribution in [2.45, 2.75) is 30.0 Å². The Labute approximate surface area is 168 Å². The van der Waals surface area contributed by atoms with Gasteiger partial charge < -0.3 is 10.3 Å². The summed E-state index contributed by atoms with van der Waals surface area (Å²) in [4.78, 5) is 26.1. The Bertz CT molecular complexity index is 1000. The summed E-state index contributed by atoms with van der Waals surface area (Å²) in [5.74, 6) is -0.126. The molecule has 0 aliphatic carbocycles. The fourth-order valence-electron chi connectivity index (χ4n) is 3.02. The number of pyridine rings is 1. The van der Waals surface area contributed by atoms with Gasteiger partial charge in [0, 0.05) is 28.6 Å². The molecule has 0 radical (unpaired) electrons. The summed E-state index contributed by atoms with van der Waals surface area (Å²) in [5.41, 5.74) is -0.309. The molecule has 2 heterocycles. The van der Waals surface area contributed by atoms with Crippen LogP contribution >= 0.6 is 23.4 Å². The zero-order valence-electron chi connectivity index (χ0n) is 14.7. The van der Waals surface area contributed by atoms with E-state index in [1.54, 1.807) is 18.4 Å². The smallest absolute Gasteiger partial charge is 0.350 e. The highest BCUT2D eigenvalue weighted by Gasteiger charge is 2.34. The lowest BCUT2D eigenvalue weighted by atomic mass is 9.97. The average Bonchev–Trinajstić information content (AvgIpc) is 3.06. The fourth-order valence-corrected chi connectivity index (χ4v) is 3.72. The third kappa shape index (κ3) is 4.44. The van der Waals surface area contributed by atoms with E-state index >= 15 is 0 Å². The predicted molar refractivity (Wildman–Crippen MR) is 104 cm³/mol. The number of hydrogen-bond donors (Lipinski definition) is 2. The molecule has 1 amide bonds. The van der Waals surface area contributed by atoms with Gasteiger partial charge in [0.1, 0.15) is 5.02 Å². The zero-order valence-corrected chi connectivity index (χ0v) is 16.3. The minimum absolute atomic E-state index is 0.0222. The molecule has 4 nitrogen and oxygen atoms in total. The van der Waals surface area contributed by atoms with E-state index in [4.69, 9.17) is 11.6 Å². The molecule has 148 valence electrons. The molecule has 1 aromatic heterocycles. The number of nitrogens with one attached hydrogen (secondary N) is 2. The second-order valence-electron chi connectivity index (χ2n) is 6.25. The van der Waals surface area contributed by atoms with Gasteiger partial charge in [-0.05, 0) is 42.5 Å². The van der Waals surface area contributed by atoms with E-state index in [1.807, 2.05) is 0 Å². The number of aromatic amines is 1. The molecular formula is C19H16ClF3N2O2S. The largest absolute Gasteiger partial charge is 0.417 e. The summed E-state index contributed by atoms with van der Waals surface area (Å²) in [6, 6.07) is 6.60. The maximum absolute atomic E-state index is 13.5. The van der Waals surface area contributed by atoms with Crippen molar-refractivity contribution in [3.8, 4) is 0 Å². The molecule has 0 spiro atoms. The first-order chi connectivity index (χ1) is 13.2. The van der Waals surface area contributed by atoms with Crippen LogP contribution in [0, 0.1) is 0 Å². The van der Waals surface area contributed by atoms with Gasteiger partial charge >= 0.3 is 6.18 Å². The molecule has 0 unspecified atom stereocenters. The van der Waals surface area contributed by atoms with Crippen molar-refractivity contribution in [1.82, 2.24) is 10.3 Å². The van der Waals surface area contributed by atoms with Crippen LogP contribution in [0.3, 0.4) is 0 Å². The molecular weight excluding hydrogens is 413 g/mol. The fraction of sp³-hybridized carbons (Fsp3) is 0.263. The van der Waals surface area contributed by atoms with Crippen molar-refractivity contribution < 1.29 is 18.0 Å². The first kappa shape index (κ1) is 20.5. The summed E-state index contributed by atoms with van der Waals surface area (Å²) in [5, 5.41) is 2.74. The molecule has 1 atom stereocenters. The minimum Gasteiger partial charge on any atom is -0.350 e. The number of hydrogen-bond acceptors (Lipinski definition) is 3. The van der Waals surface area contributed by atoms with Crippen molar-refractivity contribution in [2.75, 3.05) is 6.26 Å². The molecule has 9 heteroatoms. The lowest BCUT2D eigenvalue weighted by molar-refractivity contribution is -0.139. The molecule has 0 saturated carbocycles. The highest BCUT2D eigenvalue weighted by atomic mass is 35.5. The maximum Gasteiger partial charge on any atom is 0.417 e. The number of alkyl halides is 3. The van der Waals surface area contributed by atoms with Crippen LogP contribution in [-0.2, 0) is 11.0 Å². The van der Waals surface area contributed by atoms with Gasteiger partial charge in [0.15, 0.2) is 0 Å². The monoisotopic (exact) mass is 428 g/mol. The first-order valence-corrected chi connectivity index (χ1v) is 9.95. The maximum atomic E-state index is 13.5. The van der Waals surface area contributed by atoms with Crippen LogP contribution < -0.4 is 10.9 Å². The lowest BCUT2D eigenvalue weighted by Gasteiger charge is -2.16. The summed E-state index contributed by atoms with van der Waals surface area (Å²) in [6.45, 7) is 0. The minimum atomic E-state index is -4.52. The number of rotatable bonds is 4. The highest BCUT2D eigenvalue weighted by molar-refractivity contribution is 7.98. The molecule has 1 aliphatic heterocycles. The average molecular weight is 429 g/mol. The Hall–Kier alpha value is -2.19. The van der Waals surface area contributed by atoms with Crippen molar-refractivity contribution in [2.24, 2.45) is 0 Å². The molecule has 0 bridgehead atoms. The number of carbonyl (C=O) groups excluding carboxylic acids is 1. The van der Waals surface area contributed by atoms with Crippen molar-refractivity contribution >= 4 is 34.8 Å². The normalized spacial score (nSPS) is 17.7. The number of aromatic nitrogens is 1. The number of halogens is 4. The van der Waals surface area contributed by atoms with Crippen LogP contribution in [0.1, 0.15) is 29.7 Å². The Kier molecular flexibility index (Phi) is 5.90. The van der Waals surface area contributed by atoms with Gasteiger partial charge in [0.25, 0.3) is 5.56 Å². The van der Waals surface area contributed by atoms with Gasteiger partial charge in [-0.15, -0.1) is 11.8 Å². The number of amides is 1. The molecule has 3 rings (SSSR count). The van der Waals surface area contributed by atoms with E-state index in [9.17, 15) is 22.8 Å². The zero-order chi connectivity index (χ0) is 20.5. The molecule has 1 fully saturated rings. The quantitative estimate of drug-likeness (QED) is 0.706. The number of carbonyl (C=O) groups is 1. The van der Waals surface area contributed by atoms with Crippen LogP contribution in [0.15, 0.2) is 46.1 Å². The summed E-state index contributed by atoms with van der Waals surface area (Å²) in [7, 11) is 0. The second-order valence-corrected chi connectivity index (χ2v) is 7.51. The molecule has 1 aromatic carbocycles. The van der Waals surface area contributed by atoms with Gasteiger partial charge in [-0.25, -0.2) is 0 Å². The first-order valence-electron chi connectivity index (χ1n) is 8.35. The van der Waals surface area contributed by atoms with Crippen LogP contribution in [0.2, 0.25) is 5.02 Å². The lowest BCUT2D eigenvalue weighted by Crippen LogP contribution is -2.23. The molecule has 1 aliphatic rings. The van der Waals surface area contributed by atoms with E-state index in [2.05, 4.69) is 10.3 Å². The van der Waals surface area contributed by atoms with E-state index in [0.29, 0.717) is 24.1 Å². The molecule has 2 aromatic rings.